The first-order chi connectivity index (χ1) is 29.3. The topological polar surface area (TPSA) is 209 Å². The van der Waals surface area contributed by atoms with E-state index in [0.29, 0.717) is 31.9 Å². The number of hydrogen-bond acceptors (Lipinski definition) is 15. The van der Waals surface area contributed by atoms with Gasteiger partial charge >= 0.3 is 30.2 Å². The van der Waals surface area contributed by atoms with Gasteiger partial charge in [0, 0.05) is 43.3 Å². The molecule has 6 aliphatic rings. The van der Waals surface area contributed by atoms with Crippen LogP contribution in [0.15, 0.2) is 41.5 Å². The van der Waals surface area contributed by atoms with E-state index >= 15 is 0 Å². The highest BCUT2D eigenvalue weighted by atomic mass is 19.4. The van der Waals surface area contributed by atoms with E-state index in [9.17, 15) is 47.7 Å². The van der Waals surface area contributed by atoms with Crippen LogP contribution in [0.1, 0.15) is 91.4 Å². The van der Waals surface area contributed by atoms with Crippen LogP contribution in [-0.4, -0.2) is 149 Å². The molecule has 3 aliphatic heterocycles. The zero-order chi connectivity index (χ0) is 46.2. The van der Waals surface area contributed by atoms with Gasteiger partial charge in [0.15, 0.2) is 23.5 Å². The molecule has 2 saturated carbocycles. The zero-order valence-electron chi connectivity index (χ0n) is 36.7. The van der Waals surface area contributed by atoms with E-state index < -0.39 is 119 Å². The molecular formula is C44H59F3N2O14. The summed E-state index contributed by atoms with van der Waals surface area (Å²) in [5.41, 5.74) is -9.11. The Morgan fingerprint density at radius 3 is 2.29 bits per heavy atom. The lowest BCUT2D eigenvalue weighted by Crippen LogP contribution is -2.79. The Hall–Kier alpha value is -3.85. The number of nitrogens with zero attached hydrogens (tertiary/aromatic N) is 1. The number of rotatable bonds is 11. The Morgan fingerprint density at radius 2 is 1.73 bits per heavy atom. The van der Waals surface area contributed by atoms with Gasteiger partial charge < -0.3 is 53.8 Å². The second-order valence-corrected chi connectivity index (χ2v) is 19.2. The van der Waals surface area contributed by atoms with Crippen LogP contribution >= 0.6 is 0 Å². The molecule has 1 aromatic carbocycles. The largest absolute Gasteiger partial charge is 0.456 e. The molecule has 16 nitrogen and oxygen atoms in total. The summed E-state index contributed by atoms with van der Waals surface area (Å²) < 4.78 is 87.2. The average Bonchev–Trinajstić information content (AvgIpc) is 3.59. The number of ether oxygens (including phenoxy) is 7. The third-order valence-corrected chi connectivity index (χ3v) is 14.6. The van der Waals surface area contributed by atoms with Crippen LogP contribution in [-0.2, 0) is 42.7 Å². The first-order valence-corrected chi connectivity index (χ1v) is 21.5. The molecule has 1 amide bonds. The summed E-state index contributed by atoms with van der Waals surface area (Å²) in [6, 6.07) is 4.65. The Morgan fingerprint density at radius 1 is 1.05 bits per heavy atom. The maximum atomic E-state index is 14.6. The van der Waals surface area contributed by atoms with Gasteiger partial charge in [0.25, 0.3) is 0 Å². The quantitative estimate of drug-likeness (QED) is 0.142. The fraction of sp³-hybridized carbons (Fsp3) is 0.727. The molecule has 7 rings (SSSR count). The molecule has 13 atom stereocenters. The van der Waals surface area contributed by atoms with E-state index in [2.05, 4.69) is 0 Å². The average molecular weight is 897 g/mol. The molecule has 0 unspecified atom stereocenters. The van der Waals surface area contributed by atoms with Crippen LogP contribution in [0.25, 0.3) is 0 Å². The Bertz CT molecular complexity index is 1980. The number of aliphatic hydroxyl groups excluding tert-OH is 1. The fourth-order valence-corrected chi connectivity index (χ4v) is 11.2. The van der Waals surface area contributed by atoms with Crippen LogP contribution in [0.2, 0.25) is 0 Å². The molecule has 63 heavy (non-hydrogen) atoms. The zero-order valence-corrected chi connectivity index (χ0v) is 36.7. The molecule has 19 heteroatoms. The third kappa shape index (κ3) is 7.92. The summed E-state index contributed by atoms with van der Waals surface area (Å²) in [6.45, 7) is 12.1. The smallest absolute Gasteiger partial charge is 0.412 e. The predicted molar refractivity (Wildman–Crippen MR) is 212 cm³/mol. The van der Waals surface area contributed by atoms with E-state index in [1.165, 1.54) is 32.9 Å². The van der Waals surface area contributed by atoms with Gasteiger partial charge in [0.2, 0.25) is 0 Å². The standard InChI is InChI=1S/C44H59F3N2O14/c1-22(2)58-38(54)48-36(44(45,46)47)41(8,55)37(53)59-27-18-43(56)34(62-35(52)25-12-10-9-11-13-25)32-40(7,16-14-28-42(32,21-57-28)63-24(4)51)33-31(30(23(27)3)39(43,5)6)60-29(61-33)19-49-17-15-26(49)20-50/h9-13,22,26-29,31-34,36,50,55-56H,14-21H2,1-8H3,(H,48,54)/t26-,27-,28+,29+,31+,32-,33+,34-,36+,40+,41+,42-,43+/m0/s1. The molecule has 1 aromatic rings. The van der Waals surface area contributed by atoms with Crippen LogP contribution in [0.4, 0.5) is 18.0 Å². The molecule has 3 aliphatic carbocycles. The summed E-state index contributed by atoms with van der Waals surface area (Å²) in [4.78, 5) is 56.1. The van der Waals surface area contributed by atoms with Crippen molar-refractivity contribution in [2.45, 2.75) is 159 Å². The number of carbonyl (C=O) groups excluding carboxylic acids is 4. The van der Waals surface area contributed by atoms with Gasteiger partial charge in [-0.3, -0.25) is 9.69 Å². The minimum atomic E-state index is -5.39. The highest BCUT2D eigenvalue weighted by molar-refractivity contribution is 5.89. The number of hydrogen-bond donors (Lipinski definition) is 4. The summed E-state index contributed by atoms with van der Waals surface area (Å²) in [5.74, 6) is -4.42. The molecule has 3 saturated heterocycles. The number of halogens is 3. The number of fused-ring (bicyclic) bond motifs is 8. The van der Waals surface area contributed by atoms with Crippen LogP contribution in [0, 0.1) is 16.7 Å². The number of amides is 1. The van der Waals surface area contributed by atoms with Crippen molar-refractivity contribution < 1.29 is 80.8 Å². The minimum absolute atomic E-state index is 0.0924. The van der Waals surface area contributed by atoms with Crippen molar-refractivity contribution in [2.24, 2.45) is 16.7 Å². The summed E-state index contributed by atoms with van der Waals surface area (Å²) in [6.07, 6.45) is -13.7. The van der Waals surface area contributed by atoms with Crippen molar-refractivity contribution in [3.8, 4) is 0 Å². The van der Waals surface area contributed by atoms with E-state index in [-0.39, 0.29) is 36.9 Å². The molecule has 0 aromatic heterocycles. The van der Waals surface area contributed by atoms with Crippen molar-refractivity contribution >= 4 is 24.0 Å². The molecule has 4 N–H and O–H groups in total. The summed E-state index contributed by atoms with van der Waals surface area (Å²) >= 11 is 0. The lowest BCUT2D eigenvalue weighted by atomic mass is 9.45. The van der Waals surface area contributed by atoms with Crippen LogP contribution in [0.5, 0.6) is 0 Å². The summed E-state index contributed by atoms with van der Waals surface area (Å²) in [7, 11) is 0. The second kappa shape index (κ2) is 16.5. The van der Waals surface area contributed by atoms with Crippen molar-refractivity contribution in [3.63, 3.8) is 0 Å². The lowest BCUT2D eigenvalue weighted by Gasteiger charge is -2.68. The molecular weight excluding hydrogens is 837 g/mol. The van der Waals surface area contributed by atoms with E-state index in [4.69, 9.17) is 33.2 Å². The number of aliphatic hydroxyl groups is 3. The van der Waals surface area contributed by atoms with Crippen molar-refractivity contribution in [2.75, 3.05) is 26.3 Å². The first-order valence-electron chi connectivity index (χ1n) is 21.5. The number of carbonyl (C=O) groups is 4. The van der Waals surface area contributed by atoms with Gasteiger partial charge in [0.05, 0.1) is 36.9 Å². The van der Waals surface area contributed by atoms with Gasteiger partial charge in [-0.1, -0.05) is 39.0 Å². The second-order valence-electron chi connectivity index (χ2n) is 19.2. The molecule has 0 radical (unpaired) electrons. The van der Waals surface area contributed by atoms with Crippen molar-refractivity contribution in [1.82, 2.24) is 10.2 Å². The highest BCUT2D eigenvalue weighted by Gasteiger charge is 2.77. The van der Waals surface area contributed by atoms with Gasteiger partial charge in [-0.15, -0.1) is 0 Å². The Labute approximate surface area is 363 Å². The van der Waals surface area contributed by atoms with E-state index in [1.54, 1.807) is 44.3 Å². The lowest BCUT2D eigenvalue weighted by molar-refractivity contribution is -0.345. The van der Waals surface area contributed by atoms with Gasteiger partial charge in [-0.05, 0) is 70.2 Å². The molecule has 350 valence electrons. The van der Waals surface area contributed by atoms with Gasteiger partial charge in [0.1, 0.15) is 30.0 Å². The molecule has 0 spiro atoms. The van der Waals surface area contributed by atoms with Gasteiger partial charge in [-0.25, -0.2) is 14.4 Å². The Kier molecular flexibility index (Phi) is 12.4. The van der Waals surface area contributed by atoms with Gasteiger partial charge in [-0.2, -0.15) is 13.2 Å². The maximum Gasteiger partial charge on any atom is 0.412 e. The predicted octanol–water partition coefficient (Wildman–Crippen LogP) is 3.73. The fourth-order valence-electron chi connectivity index (χ4n) is 11.2. The third-order valence-electron chi connectivity index (χ3n) is 14.6. The maximum absolute atomic E-state index is 14.6. The van der Waals surface area contributed by atoms with E-state index in [0.717, 1.165) is 6.42 Å². The molecule has 5 fully saturated rings. The number of likely N-dealkylation sites (tertiary alicyclic amines) is 1. The highest BCUT2D eigenvalue weighted by Crippen LogP contribution is 2.67. The number of alkyl halides is 3. The molecule has 3 heterocycles. The van der Waals surface area contributed by atoms with Crippen LogP contribution < -0.4 is 5.32 Å². The Balaban J connectivity index is 1.40. The molecule has 2 bridgehead atoms. The van der Waals surface area contributed by atoms with Crippen molar-refractivity contribution in [3.05, 3.63) is 47.0 Å². The number of nitrogens with one attached hydrogen (secondary N) is 1. The van der Waals surface area contributed by atoms with Crippen molar-refractivity contribution in [1.29, 1.82) is 0 Å². The number of alkyl carbamates (subject to hydrolysis) is 1. The monoisotopic (exact) mass is 896 g/mol. The SMILES string of the molecule is CC(=O)O[C@@]12CO[C@@H]1CC[C@@]1(C)[C@@H]3O[C@H](CN4CC[C@H]4CO)O[C@@H]3C3=C(C)[C@@H](OC(=O)[C@](C)(O)[C@@H](NC(=O)OC(C)C)C(F)(F)F)C[C@@](O)([C@@H](OC(=O)c4ccccc4)[C@@H]12)C3(C)C. The number of benzene rings is 1. The minimum Gasteiger partial charge on any atom is -0.456 e. The normalized spacial score (nSPS) is 37.3. The van der Waals surface area contributed by atoms with E-state index in [1.807, 2.05) is 11.8 Å². The number of esters is 3. The first kappa shape index (κ1) is 47.1. The summed E-state index contributed by atoms with van der Waals surface area (Å²) in [5, 5.41) is 36.8. The van der Waals surface area contributed by atoms with Crippen LogP contribution in [0.3, 0.4) is 0 Å².